The first kappa shape index (κ1) is 19.1. The number of alkyl halides is 3. The fourth-order valence-electron chi connectivity index (χ4n) is 3.64. The maximum atomic E-state index is 13.5. The van der Waals surface area contributed by atoms with Crippen molar-refractivity contribution in [3.8, 4) is 17.0 Å². The first-order valence-electron chi connectivity index (χ1n) is 9.18. The normalized spacial score (nSPS) is 15.8. The van der Waals surface area contributed by atoms with E-state index in [9.17, 15) is 18.0 Å². The van der Waals surface area contributed by atoms with E-state index >= 15 is 0 Å². The van der Waals surface area contributed by atoms with Gasteiger partial charge in [-0.3, -0.25) is 4.79 Å². The van der Waals surface area contributed by atoms with E-state index < -0.39 is 23.0 Å². The molecule has 1 aromatic heterocycles. The van der Waals surface area contributed by atoms with Crippen LogP contribution < -0.4 is 16.0 Å². The number of nitrogens with two attached hydrogens (primary N) is 1. The Balaban J connectivity index is 1.92. The summed E-state index contributed by atoms with van der Waals surface area (Å²) in [6.45, 7) is 2.04. The number of hydrogen-bond acceptors (Lipinski definition) is 3. The lowest BCUT2D eigenvalue weighted by atomic mass is 10.0. The quantitative estimate of drug-likeness (QED) is 0.705. The molecule has 2 N–H and O–H groups in total. The van der Waals surface area contributed by atoms with Gasteiger partial charge in [-0.15, -0.1) is 0 Å². The molecule has 0 fully saturated rings. The number of benzene rings is 2. The minimum Gasteiger partial charge on any atom is -0.490 e. The highest BCUT2D eigenvalue weighted by Gasteiger charge is 2.35. The zero-order valence-electron chi connectivity index (χ0n) is 15.7. The molecule has 0 saturated heterocycles. The SMILES string of the molecule is CC1Cc2cc(-c3cc(C(F)(F)F)c(N)c(=O)n3Cc3ccccc3)ccc2O1. The molecule has 2 aromatic carbocycles. The second-order valence-corrected chi connectivity index (χ2v) is 7.19. The van der Waals surface area contributed by atoms with Gasteiger partial charge in [0.05, 0.1) is 17.8 Å². The molecule has 0 saturated carbocycles. The van der Waals surface area contributed by atoms with Gasteiger partial charge in [-0.1, -0.05) is 30.3 Å². The van der Waals surface area contributed by atoms with E-state index in [1.807, 2.05) is 37.3 Å². The van der Waals surface area contributed by atoms with Crippen LogP contribution in [0.1, 0.15) is 23.6 Å². The van der Waals surface area contributed by atoms with Crippen LogP contribution in [0.2, 0.25) is 0 Å². The van der Waals surface area contributed by atoms with Crippen molar-refractivity contribution in [2.24, 2.45) is 0 Å². The van der Waals surface area contributed by atoms with Gasteiger partial charge in [0, 0.05) is 6.42 Å². The third kappa shape index (κ3) is 3.60. The number of ether oxygens (including phenoxy) is 1. The van der Waals surface area contributed by atoms with E-state index in [0.29, 0.717) is 17.7 Å². The van der Waals surface area contributed by atoms with Gasteiger partial charge in [0.1, 0.15) is 17.5 Å². The fourth-order valence-corrected chi connectivity index (χ4v) is 3.64. The van der Waals surface area contributed by atoms with Crippen LogP contribution >= 0.6 is 0 Å². The van der Waals surface area contributed by atoms with Gasteiger partial charge in [0.2, 0.25) is 0 Å². The number of rotatable bonds is 3. The van der Waals surface area contributed by atoms with E-state index in [1.54, 1.807) is 18.2 Å². The molecule has 0 amide bonds. The summed E-state index contributed by atoms with van der Waals surface area (Å²) in [5, 5.41) is 0. The molecule has 1 unspecified atom stereocenters. The van der Waals surface area contributed by atoms with Gasteiger partial charge in [0.25, 0.3) is 5.56 Å². The predicted molar refractivity (Wildman–Crippen MR) is 105 cm³/mol. The third-order valence-electron chi connectivity index (χ3n) is 5.02. The van der Waals surface area contributed by atoms with E-state index in [4.69, 9.17) is 10.5 Å². The van der Waals surface area contributed by atoms with Gasteiger partial charge in [-0.2, -0.15) is 13.2 Å². The Labute approximate surface area is 165 Å². The van der Waals surface area contributed by atoms with Crippen molar-refractivity contribution in [2.75, 3.05) is 5.73 Å². The van der Waals surface area contributed by atoms with Gasteiger partial charge in [0.15, 0.2) is 0 Å². The number of nitrogens with zero attached hydrogens (tertiary/aromatic N) is 1. The van der Waals surface area contributed by atoms with Crippen molar-refractivity contribution < 1.29 is 17.9 Å². The molecular weight excluding hydrogens is 381 g/mol. The number of pyridine rings is 1. The Hall–Kier alpha value is -3.22. The fraction of sp³-hybridized carbons (Fsp3) is 0.227. The van der Waals surface area contributed by atoms with Gasteiger partial charge in [-0.05, 0) is 47.9 Å². The molecule has 4 rings (SSSR count). The summed E-state index contributed by atoms with van der Waals surface area (Å²) in [7, 11) is 0. The van der Waals surface area contributed by atoms with Crippen LogP contribution in [0.5, 0.6) is 5.75 Å². The lowest BCUT2D eigenvalue weighted by Gasteiger charge is -2.18. The van der Waals surface area contributed by atoms with Gasteiger partial charge in [-0.25, -0.2) is 0 Å². The molecule has 3 aromatic rings. The lowest BCUT2D eigenvalue weighted by molar-refractivity contribution is -0.137. The Kier molecular flexibility index (Phi) is 4.61. The highest BCUT2D eigenvalue weighted by atomic mass is 19.4. The monoisotopic (exact) mass is 400 g/mol. The average Bonchev–Trinajstić information content (AvgIpc) is 3.04. The molecule has 0 bridgehead atoms. The molecule has 1 atom stereocenters. The lowest BCUT2D eigenvalue weighted by Crippen LogP contribution is -2.28. The first-order chi connectivity index (χ1) is 13.7. The molecule has 1 aliphatic heterocycles. The topological polar surface area (TPSA) is 57.2 Å². The Morgan fingerprint density at radius 1 is 1.14 bits per heavy atom. The summed E-state index contributed by atoms with van der Waals surface area (Å²) in [4.78, 5) is 12.8. The zero-order chi connectivity index (χ0) is 20.8. The smallest absolute Gasteiger partial charge is 0.418 e. The number of aromatic nitrogens is 1. The summed E-state index contributed by atoms with van der Waals surface area (Å²) < 4.78 is 47.5. The number of nitrogen functional groups attached to an aromatic ring is 1. The van der Waals surface area contributed by atoms with Crippen LogP contribution in [0, 0.1) is 0 Å². The molecule has 7 heteroatoms. The molecule has 150 valence electrons. The standard InChI is InChI=1S/C22H19F3N2O2/c1-13-9-16-10-15(7-8-19(16)29-13)18-11-17(22(23,24)25)20(26)21(28)27(18)12-14-5-3-2-4-6-14/h2-8,10-11,13H,9,12,26H2,1H3. The predicted octanol–water partition coefficient (Wildman–Crippen LogP) is 4.49. The summed E-state index contributed by atoms with van der Waals surface area (Å²) in [6, 6.07) is 15.2. The summed E-state index contributed by atoms with van der Waals surface area (Å²) in [5.41, 5.74) is 5.20. The van der Waals surface area contributed by atoms with Crippen molar-refractivity contribution in [1.29, 1.82) is 0 Å². The summed E-state index contributed by atoms with van der Waals surface area (Å²) in [5.74, 6) is 0.713. The van der Waals surface area contributed by atoms with Crippen molar-refractivity contribution in [3.63, 3.8) is 0 Å². The van der Waals surface area contributed by atoms with Crippen molar-refractivity contribution in [1.82, 2.24) is 4.57 Å². The van der Waals surface area contributed by atoms with E-state index in [0.717, 1.165) is 17.2 Å². The number of hydrogen-bond donors (Lipinski definition) is 1. The van der Waals surface area contributed by atoms with E-state index in [1.165, 1.54) is 4.57 Å². The van der Waals surface area contributed by atoms with Crippen molar-refractivity contribution in [3.05, 3.63) is 81.6 Å². The number of fused-ring (bicyclic) bond motifs is 1. The van der Waals surface area contributed by atoms with Gasteiger partial charge >= 0.3 is 6.18 Å². The van der Waals surface area contributed by atoms with Crippen LogP contribution in [0.15, 0.2) is 59.4 Å². The molecular formula is C22H19F3N2O2. The maximum absolute atomic E-state index is 13.5. The van der Waals surface area contributed by atoms with Crippen LogP contribution in [0.3, 0.4) is 0 Å². The third-order valence-corrected chi connectivity index (χ3v) is 5.02. The molecule has 2 heterocycles. The van der Waals surface area contributed by atoms with Gasteiger partial charge < -0.3 is 15.0 Å². The first-order valence-corrected chi connectivity index (χ1v) is 9.18. The molecule has 1 aliphatic rings. The van der Waals surface area contributed by atoms with Crippen LogP contribution in [-0.4, -0.2) is 10.7 Å². The van der Waals surface area contributed by atoms with Crippen molar-refractivity contribution >= 4 is 5.69 Å². The van der Waals surface area contributed by atoms with Crippen LogP contribution in [0.25, 0.3) is 11.3 Å². The molecule has 0 spiro atoms. The Morgan fingerprint density at radius 3 is 2.55 bits per heavy atom. The number of anilines is 1. The largest absolute Gasteiger partial charge is 0.490 e. The maximum Gasteiger partial charge on any atom is 0.418 e. The average molecular weight is 400 g/mol. The highest BCUT2D eigenvalue weighted by Crippen LogP contribution is 2.37. The van der Waals surface area contributed by atoms with E-state index in [2.05, 4.69) is 0 Å². The zero-order valence-corrected chi connectivity index (χ0v) is 15.7. The van der Waals surface area contributed by atoms with Crippen LogP contribution in [-0.2, 0) is 19.1 Å². The minimum atomic E-state index is -4.72. The molecule has 0 radical (unpaired) electrons. The second-order valence-electron chi connectivity index (χ2n) is 7.19. The highest BCUT2D eigenvalue weighted by molar-refractivity contribution is 5.67. The van der Waals surface area contributed by atoms with Crippen molar-refractivity contribution in [2.45, 2.75) is 32.2 Å². The minimum absolute atomic E-state index is 0.00363. The molecule has 0 aliphatic carbocycles. The van der Waals surface area contributed by atoms with Crippen LogP contribution in [0.4, 0.5) is 18.9 Å². The Bertz CT molecular complexity index is 1120. The van der Waals surface area contributed by atoms with E-state index in [-0.39, 0.29) is 18.3 Å². The number of halogens is 3. The second kappa shape index (κ2) is 6.99. The molecule has 29 heavy (non-hydrogen) atoms. The molecule has 4 nitrogen and oxygen atoms in total. The summed E-state index contributed by atoms with van der Waals surface area (Å²) in [6.07, 6.45) is -4.06. The summed E-state index contributed by atoms with van der Waals surface area (Å²) >= 11 is 0. The Morgan fingerprint density at radius 2 is 1.86 bits per heavy atom.